The summed E-state index contributed by atoms with van der Waals surface area (Å²) in [7, 11) is 1.57. The van der Waals surface area contributed by atoms with Crippen LogP contribution in [0.15, 0.2) is 48.6 Å². The van der Waals surface area contributed by atoms with Crippen molar-refractivity contribution in [3.05, 3.63) is 54.1 Å². The number of primary amides is 1. The zero-order valence-electron chi connectivity index (χ0n) is 47.6. The maximum atomic E-state index is 13.8. The molecule has 0 aromatic heterocycles. The number of ketones is 1. The van der Waals surface area contributed by atoms with Crippen molar-refractivity contribution in [2.45, 2.75) is 234 Å². The summed E-state index contributed by atoms with van der Waals surface area (Å²) >= 11 is 0. The van der Waals surface area contributed by atoms with Gasteiger partial charge in [0.15, 0.2) is 5.79 Å². The minimum Gasteiger partial charge on any atom is -0.445 e. The van der Waals surface area contributed by atoms with E-state index < -0.39 is 60.1 Å². The quantitative estimate of drug-likeness (QED) is 0.0444. The molecule has 8 rings (SSSR count). The molecular formula is C59H90N6O15. The van der Waals surface area contributed by atoms with Crippen molar-refractivity contribution in [1.82, 2.24) is 16.0 Å². The smallest absolute Gasteiger partial charge is 0.407 e. The first-order valence-corrected chi connectivity index (χ1v) is 29.3. The number of urea groups is 1. The number of aliphatic hydroxyl groups is 1. The summed E-state index contributed by atoms with van der Waals surface area (Å²) in [6.45, 7) is 16.9. The van der Waals surface area contributed by atoms with Crippen molar-refractivity contribution in [3.8, 4) is 0 Å². The summed E-state index contributed by atoms with van der Waals surface area (Å²) in [5, 5.41) is 21.5. The molecule has 80 heavy (non-hydrogen) atoms. The minimum absolute atomic E-state index is 0.0226. The average molecular weight is 1120 g/mol. The number of Topliss-reactive ketones (excluding diaryl/α,β-unsaturated/α-hetero) is 1. The normalized spacial score (nSPS) is 34.0. The molecule has 0 spiro atoms. The molecule has 1 aromatic rings. The minimum atomic E-state index is -0.987. The van der Waals surface area contributed by atoms with Crippen LogP contribution in [-0.2, 0) is 63.6 Å². The molecule has 7 saturated heterocycles. The lowest BCUT2D eigenvalue weighted by Crippen LogP contribution is -2.56. The first kappa shape index (κ1) is 61.5. The molecule has 5 amide bonds. The highest BCUT2D eigenvalue weighted by Crippen LogP contribution is 2.49. The van der Waals surface area contributed by atoms with E-state index in [1.807, 2.05) is 0 Å². The van der Waals surface area contributed by atoms with Gasteiger partial charge in [0.25, 0.3) is 0 Å². The maximum Gasteiger partial charge on any atom is 0.407 e. The van der Waals surface area contributed by atoms with Gasteiger partial charge in [0.2, 0.25) is 11.8 Å². The molecule has 0 radical (unpaired) electrons. The number of carbonyl (C=O) groups is 5. The molecule has 1 aromatic carbocycles. The molecule has 7 aliphatic rings. The van der Waals surface area contributed by atoms with Crippen molar-refractivity contribution in [3.63, 3.8) is 0 Å². The number of anilines is 1. The Labute approximate surface area is 471 Å². The third-order valence-corrected chi connectivity index (χ3v) is 17.5. The number of carbonyl (C=O) groups excluding carboxylic acids is 5. The molecular weight excluding hydrogens is 1030 g/mol. The van der Waals surface area contributed by atoms with Gasteiger partial charge in [0.05, 0.1) is 85.9 Å². The number of alkyl carbamates (subject to hydrolysis) is 1. The van der Waals surface area contributed by atoms with E-state index in [0.29, 0.717) is 42.9 Å². The van der Waals surface area contributed by atoms with Crippen LogP contribution in [0.5, 0.6) is 0 Å². The van der Waals surface area contributed by atoms with Crippen molar-refractivity contribution in [1.29, 1.82) is 0 Å². The molecule has 21 heteroatoms. The lowest BCUT2D eigenvalue weighted by atomic mass is 9.86. The second kappa shape index (κ2) is 28.1. The van der Waals surface area contributed by atoms with Crippen LogP contribution in [0.1, 0.15) is 136 Å². The van der Waals surface area contributed by atoms with Crippen molar-refractivity contribution in [2.24, 2.45) is 29.2 Å². The van der Waals surface area contributed by atoms with E-state index in [1.165, 1.54) is 5.57 Å². The molecule has 0 aliphatic carbocycles. The van der Waals surface area contributed by atoms with E-state index in [1.54, 1.807) is 45.2 Å². The van der Waals surface area contributed by atoms with Gasteiger partial charge in [-0.1, -0.05) is 46.1 Å². The zero-order chi connectivity index (χ0) is 57.3. The highest BCUT2D eigenvalue weighted by molar-refractivity contribution is 5.97. The molecule has 21 nitrogen and oxygen atoms in total. The fourth-order valence-corrected chi connectivity index (χ4v) is 12.8. The first-order chi connectivity index (χ1) is 38.2. The number of nitrogens with two attached hydrogens (primary N) is 2. The number of nitrogens with one attached hydrogen (secondary N) is 4. The largest absolute Gasteiger partial charge is 0.445 e. The van der Waals surface area contributed by atoms with E-state index in [2.05, 4.69) is 48.3 Å². The number of fused-ring (bicyclic) bond motifs is 7. The molecule has 9 N–H and O–H groups in total. The molecule has 4 bridgehead atoms. The van der Waals surface area contributed by atoms with Crippen molar-refractivity contribution in [2.75, 3.05) is 32.1 Å². The van der Waals surface area contributed by atoms with Gasteiger partial charge < -0.3 is 80.5 Å². The highest BCUT2D eigenvalue weighted by Gasteiger charge is 2.56. The topological polar surface area (TPSA) is 289 Å². The van der Waals surface area contributed by atoms with Crippen molar-refractivity contribution < 1.29 is 71.7 Å². The van der Waals surface area contributed by atoms with E-state index in [-0.39, 0.29) is 131 Å². The third kappa shape index (κ3) is 16.4. The Bertz CT molecular complexity index is 2290. The number of ether oxygens (including phenoxy) is 9. The Kier molecular flexibility index (Phi) is 21.6. The standard InChI is InChI=1S/C59H90N6O15/c1-32(2)52(60)56(69)65-45(9-8-22-62-57(61)70)55(68)64-39-12-10-37(11-13-39)30-74-58(71)63-29-41(67)27-50-53(72-7)38(31-73-50)25-40(66)26-43-15-17-48-54(77-43)51-28-49(78-48)47-19-21-59(79-47,80-51)20-18-44-24-34(4)46(76-44)16-14-42-23-33(3)35(5)36(6)75-42/h10-13,32-33,36,38,41-54,67H,4-5,8-9,14-31,60H2,1-3,6-7H3,(H,63,71)(H,64,68)(H,65,69)(H3,61,62,70)/t33-,36-,38?,41?,42?,43?,44?,45?,46?,47?,48+,49-,50-,51-,52+,53-,54+,59+/m1/s1. The van der Waals surface area contributed by atoms with Crippen LogP contribution in [-0.4, -0.2) is 159 Å². The van der Waals surface area contributed by atoms with Crippen LogP contribution >= 0.6 is 0 Å². The highest BCUT2D eigenvalue weighted by atomic mass is 16.7. The molecule has 446 valence electrons. The first-order valence-electron chi connectivity index (χ1n) is 29.3. The Hall–Kier alpha value is -4.55. The fourth-order valence-electron chi connectivity index (χ4n) is 12.8. The van der Waals surface area contributed by atoms with Gasteiger partial charge in [0, 0.05) is 70.3 Å². The molecule has 7 fully saturated rings. The average Bonchev–Trinajstić information content (AvgIpc) is 4.18. The van der Waals surface area contributed by atoms with Gasteiger partial charge in [0.1, 0.15) is 24.5 Å². The van der Waals surface area contributed by atoms with Crippen LogP contribution in [0, 0.1) is 17.8 Å². The van der Waals surface area contributed by atoms with Gasteiger partial charge in [-0.2, -0.15) is 0 Å². The third-order valence-electron chi connectivity index (χ3n) is 17.5. The number of rotatable bonds is 26. The fraction of sp³-hybridized carbons (Fsp3) is 0.746. The van der Waals surface area contributed by atoms with Gasteiger partial charge in [-0.15, -0.1) is 0 Å². The molecule has 0 saturated carbocycles. The SMILES string of the molecule is C=C1CC(CC[C@]23CCC(O2)[C@H]2C[C@@H](O3)[C@H]3OC(CC(=O)CC4CO[C@H](CC(O)CNC(=O)OCc5ccc(NC(=O)C(CCCNC(N)=O)NC(=O)[C@@H](N)C(C)C)cc5)[C@@H]4OC)CC[C@@H]3O2)OC1CCC1C[C@@H](C)C(=C)[C@@H](C)O1. The van der Waals surface area contributed by atoms with Gasteiger partial charge in [-0.05, 0) is 112 Å². The van der Waals surface area contributed by atoms with Crippen LogP contribution in [0.25, 0.3) is 0 Å². The summed E-state index contributed by atoms with van der Waals surface area (Å²) < 4.78 is 57.4. The van der Waals surface area contributed by atoms with Crippen LogP contribution in [0.3, 0.4) is 0 Å². The Balaban J connectivity index is 0.730. The number of aliphatic hydroxyl groups excluding tert-OH is 1. The summed E-state index contributed by atoms with van der Waals surface area (Å²) in [6.07, 6.45) is 6.85. The molecule has 7 heterocycles. The second-order valence-corrected chi connectivity index (χ2v) is 23.9. The number of hydrogen-bond acceptors (Lipinski definition) is 16. The predicted molar refractivity (Wildman–Crippen MR) is 295 cm³/mol. The predicted octanol–water partition coefficient (Wildman–Crippen LogP) is 5.52. The lowest BCUT2D eigenvalue weighted by molar-refractivity contribution is -0.276. The van der Waals surface area contributed by atoms with E-state index in [4.69, 9.17) is 54.1 Å². The number of methoxy groups -OCH3 is 1. The summed E-state index contributed by atoms with van der Waals surface area (Å²) in [6, 6.07) is 4.18. The summed E-state index contributed by atoms with van der Waals surface area (Å²) in [5.41, 5.74) is 14.5. The van der Waals surface area contributed by atoms with Gasteiger partial charge in [-0.25, -0.2) is 9.59 Å². The maximum absolute atomic E-state index is 13.8. The van der Waals surface area contributed by atoms with Crippen molar-refractivity contribution >= 4 is 35.4 Å². The lowest BCUT2D eigenvalue weighted by Gasteiger charge is -2.47. The Morgan fingerprint density at radius 3 is 2.38 bits per heavy atom. The molecule has 8 unspecified atom stereocenters. The van der Waals surface area contributed by atoms with E-state index >= 15 is 0 Å². The second-order valence-electron chi connectivity index (χ2n) is 23.9. The van der Waals surface area contributed by atoms with E-state index in [0.717, 1.165) is 56.9 Å². The number of benzene rings is 1. The Morgan fingerprint density at radius 2 is 1.64 bits per heavy atom. The monoisotopic (exact) mass is 1120 g/mol. The van der Waals surface area contributed by atoms with E-state index in [9.17, 15) is 29.1 Å². The van der Waals surface area contributed by atoms with Crippen LogP contribution in [0.4, 0.5) is 15.3 Å². The van der Waals surface area contributed by atoms with Gasteiger partial charge in [-0.3, -0.25) is 14.4 Å². The zero-order valence-corrected chi connectivity index (χ0v) is 47.6. The molecule has 7 aliphatic heterocycles. The summed E-state index contributed by atoms with van der Waals surface area (Å²) in [5.74, 6) is -1.55. The van der Waals surface area contributed by atoms with Crippen LogP contribution in [0.2, 0.25) is 0 Å². The summed E-state index contributed by atoms with van der Waals surface area (Å²) in [4.78, 5) is 63.4. The van der Waals surface area contributed by atoms with Crippen LogP contribution < -0.4 is 32.7 Å². The molecule has 18 atom stereocenters. The number of amides is 5. The van der Waals surface area contributed by atoms with Gasteiger partial charge >= 0.3 is 12.1 Å². The number of hydrogen-bond donors (Lipinski definition) is 7. The Morgan fingerprint density at radius 1 is 0.863 bits per heavy atom.